The quantitative estimate of drug-likeness (QED) is 0.511. The molecular formula is C14H18NWY-. The van der Waals surface area contributed by atoms with Crippen LogP contribution in [0.15, 0.2) is 0 Å². The molecule has 0 N–H and O–H groups in total. The van der Waals surface area contributed by atoms with E-state index >= 15 is 0 Å². The molecule has 2 aliphatic rings. The number of hydrogen-bond acceptors (Lipinski definition) is 0. The van der Waals surface area contributed by atoms with Gasteiger partial charge in [-0.05, 0) is 0 Å². The van der Waals surface area contributed by atoms with Gasteiger partial charge in [0.25, 0.3) is 0 Å². The van der Waals surface area contributed by atoms with Crippen molar-refractivity contribution in [1.82, 2.24) is 4.57 Å². The summed E-state index contributed by atoms with van der Waals surface area (Å²) in [7, 11) is 0. The summed E-state index contributed by atoms with van der Waals surface area (Å²) in [6.07, 6.45) is 5.73. The zero-order chi connectivity index (χ0) is 11.3. The second kappa shape index (κ2) is 5.51. The van der Waals surface area contributed by atoms with Crippen LogP contribution in [-0.2, 0) is 58.6 Å². The zero-order valence-corrected chi connectivity index (χ0v) is 16.4. The summed E-state index contributed by atoms with van der Waals surface area (Å²) in [5, 5.41) is 0. The molecule has 1 nitrogen and oxygen atoms in total. The number of hydrogen-bond donors (Lipinski definition) is 0. The summed E-state index contributed by atoms with van der Waals surface area (Å²) in [5.74, 6) is 1.79. The molecule has 1 aliphatic heterocycles. The first-order valence-electron chi connectivity index (χ1n) is 6.30. The smallest absolute Gasteiger partial charge is 0 e. The summed E-state index contributed by atoms with van der Waals surface area (Å²) >= 11 is 1.60. The molecule has 1 unspecified atom stereocenters. The summed E-state index contributed by atoms with van der Waals surface area (Å²) in [6.45, 7) is 5.75. The monoisotopic (exact) mass is 473 g/mol. The molecule has 1 aliphatic carbocycles. The van der Waals surface area contributed by atoms with Crippen LogP contribution < -0.4 is 0 Å². The maximum absolute atomic E-state index is 3.57. The molecule has 0 aromatic carbocycles. The average molecular weight is 473 g/mol. The Morgan fingerprint density at radius 3 is 2.76 bits per heavy atom. The second-order valence-corrected chi connectivity index (χ2v) is 6.79. The van der Waals surface area contributed by atoms with Crippen LogP contribution in [0.5, 0.6) is 0 Å². The number of rotatable bonds is 0. The minimum absolute atomic E-state index is 0. The van der Waals surface area contributed by atoms with Gasteiger partial charge in [-0.3, -0.25) is 0 Å². The third-order valence-electron chi connectivity index (χ3n) is 4.23. The standard InChI is InChI=1S/C14H18N.W.Y/c1-10-6-11(2)14-13-5-3-4-12(7-13)9-15(14)8-10;;/h12-13H,3-5,7,9H2,1-2H3;;/q-1;;/t12-,13?;;/m1../s1. The van der Waals surface area contributed by atoms with Gasteiger partial charge in [-0.25, -0.2) is 0 Å². The topological polar surface area (TPSA) is 4.93 Å². The molecule has 1 aromatic rings. The molecule has 0 spiro atoms. The molecule has 0 saturated heterocycles. The van der Waals surface area contributed by atoms with Crippen molar-refractivity contribution in [3.63, 3.8) is 0 Å². The van der Waals surface area contributed by atoms with Crippen LogP contribution in [0.2, 0.25) is 0 Å². The van der Waals surface area contributed by atoms with Crippen molar-refractivity contribution in [3.8, 4) is 0 Å². The molecule has 89 valence electrons. The molecule has 1 aromatic heterocycles. The van der Waals surface area contributed by atoms with Gasteiger partial charge in [0.2, 0.25) is 0 Å². The fourth-order valence-electron chi connectivity index (χ4n) is 3.58. The van der Waals surface area contributed by atoms with Crippen LogP contribution in [-0.4, -0.2) is 4.57 Å². The van der Waals surface area contributed by atoms with Crippen molar-refractivity contribution < 1.29 is 52.1 Å². The minimum Gasteiger partial charge on any atom is 0 e. The Morgan fingerprint density at radius 1 is 1.24 bits per heavy atom. The van der Waals surface area contributed by atoms with Gasteiger partial charge < -0.3 is 0 Å². The van der Waals surface area contributed by atoms with Gasteiger partial charge in [0.1, 0.15) is 0 Å². The summed E-state index contributed by atoms with van der Waals surface area (Å²) in [4.78, 5) is 0. The van der Waals surface area contributed by atoms with E-state index in [0.717, 1.165) is 11.8 Å². The van der Waals surface area contributed by atoms with Crippen LogP contribution in [0.3, 0.4) is 0 Å². The minimum atomic E-state index is 0. The molecule has 0 amide bonds. The second-order valence-electron chi connectivity index (χ2n) is 5.41. The molecule has 1 fully saturated rings. The summed E-state index contributed by atoms with van der Waals surface area (Å²) in [6, 6.07) is 3.57. The first-order chi connectivity index (χ1) is 7.66. The van der Waals surface area contributed by atoms with E-state index in [-0.39, 0.29) is 32.7 Å². The van der Waals surface area contributed by atoms with E-state index in [9.17, 15) is 0 Å². The van der Waals surface area contributed by atoms with Crippen LogP contribution in [0.1, 0.15) is 48.4 Å². The Hall–Kier alpha value is 0.942. The van der Waals surface area contributed by atoms with Gasteiger partial charge in [0.15, 0.2) is 0 Å². The van der Waals surface area contributed by atoms with Crippen molar-refractivity contribution >= 4 is 0 Å². The first kappa shape index (κ1) is 14.4. The number of nitrogens with zero attached hydrogens (tertiary/aromatic N) is 1. The van der Waals surface area contributed by atoms with Crippen LogP contribution in [0.4, 0.5) is 0 Å². The number of aryl methyl sites for hydroxylation is 2. The molecule has 2 heterocycles. The maximum atomic E-state index is 3.57. The predicted molar refractivity (Wildman–Crippen MR) is 60.7 cm³/mol. The van der Waals surface area contributed by atoms with E-state index in [4.69, 9.17) is 0 Å². The SMILES string of the molecule is Cc1[c-]c(C)[c](=[W])n2c1C1CCC[C@H](C1)C2.[Y]. The zero-order valence-electron chi connectivity index (χ0n) is 10.6. The van der Waals surface area contributed by atoms with Crippen molar-refractivity contribution in [2.75, 3.05) is 0 Å². The Labute approximate surface area is 140 Å². The Balaban J connectivity index is 0.00000108. The van der Waals surface area contributed by atoms with Gasteiger partial charge in [-0.15, -0.1) is 0 Å². The predicted octanol–water partition coefficient (Wildman–Crippen LogP) is 3.27. The van der Waals surface area contributed by atoms with Crippen molar-refractivity contribution in [2.24, 2.45) is 5.92 Å². The fraction of sp³-hybridized carbons (Fsp3) is 0.643. The van der Waals surface area contributed by atoms with E-state index in [2.05, 4.69) is 24.5 Å². The van der Waals surface area contributed by atoms with Gasteiger partial charge in [-0.2, -0.15) is 0 Å². The third kappa shape index (κ3) is 2.49. The molecule has 2 bridgehead atoms. The Kier molecular flexibility index (Phi) is 4.66. The molecule has 2 atom stereocenters. The molecule has 17 heavy (non-hydrogen) atoms. The number of fused-ring (bicyclic) bond motifs is 4. The van der Waals surface area contributed by atoms with Gasteiger partial charge in [0.05, 0.1) is 0 Å². The summed E-state index contributed by atoms with van der Waals surface area (Å²) in [5.41, 5.74) is 4.40. The molecule has 3 rings (SSSR count). The Morgan fingerprint density at radius 2 is 2.00 bits per heavy atom. The maximum Gasteiger partial charge on any atom is 0 e. The molecule has 1 saturated carbocycles. The molecule has 3 heteroatoms. The van der Waals surface area contributed by atoms with Gasteiger partial charge in [0, 0.05) is 32.7 Å². The fourth-order valence-corrected chi connectivity index (χ4v) is 4.39. The summed E-state index contributed by atoms with van der Waals surface area (Å²) < 4.78 is 4.16. The number of pyridine rings is 1. The average Bonchev–Trinajstić information content (AvgIpc) is 2.25. The van der Waals surface area contributed by atoms with E-state index in [1.807, 2.05) is 0 Å². The van der Waals surface area contributed by atoms with Crippen LogP contribution >= 0.6 is 0 Å². The largest absolute Gasteiger partial charge is 0 e. The van der Waals surface area contributed by atoms with Gasteiger partial charge in [-0.1, -0.05) is 0 Å². The first-order valence-corrected chi connectivity index (χ1v) is 7.76. The third-order valence-corrected chi connectivity index (χ3v) is 6.12. The van der Waals surface area contributed by atoms with Crippen molar-refractivity contribution in [3.05, 3.63) is 26.6 Å². The van der Waals surface area contributed by atoms with E-state index < -0.39 is 0 Å². The molecule has 1 radical (unpaired) electrons. The van der Waals surface area contributed by atoms with E-state index in [1.165, 1.54) is 47.0 Å². The number of aromatic nitrogens is 1. The van der Waals surface area contributed by atoms with Crippen LogP contribution in [0.25, 0.3) is 0 Å². The molecular weight excluding hydrogens is 455 g/mol. The normalized spacial score (nSPS) is 26.0. The van der Waals surface area contributed by atoms with Crippen LogP contribution in [0, 0.1) is 29.5 Å². The Bertz CT molecular complexity index is 492. The van der Waals surface area contributed by atoms with E-state index in [0.29, 0.717) is 0 Å². The van der Waals surface area contributed by atoms with Gasteiger partial charge >= 0.3 is 108 Å². The van der Waals surface area contributed by atoms with Crippen molar-refractivity contribution in [2.45, 2.75) is 52.0 Å². The van der Waals surface area contributed by atoms with Crippen molar-refractivity contribution in [1.29, 1.82) is 0 Å². The van der Waals surface area contributed by atoms with E-state index in [1.54, 1.807) is 25.0 Å².